The van der Waals surface area contributed by atoms with Crippen molar-refractivity contribution in [3.63, 3.8) is 0 Å². The van der Waals surface area contributed by atoms with Crippen LogP contribution in [0.2, 0.25) is 0 Å². The molecule has 1 atom stereocenters. The van der Waals surface area contributed by atoms with E-state index in [0.29, 0.717) is 24.7 Å². The van der Waals surface area contributed by atoms with E-state index < -0.39 is 0 Å². The molecule has 4 rings (SSSR count). The van der Waals surface area contributed by atoms with Gasteiger partial charge in [0.15, 0.2) is 0 Å². The maximum absolute atomic E-state index is 5.76. The second-order valence-electron chi connectivity index (χ2n) is 4.67. The van der Waals surface area contributed by atoms with Crippen molar-refractivity contribution >= 4 is 22.8 Å². The van der Waals surface area contributed by atoms with Crippen LogP contribution in [-0.4, -0.2) is 47.5 Å². The third kappa shape index (κ3) is 2.02. The summed E-state index contributed by atoms with van der Waals surface area (Å²) >= 11 is 0. The Kier molecular flexibility index (Phi) is 3.50. The van der Waals surface area contributed by atoms with Gasteiger partial charge in [-0.1, -0.05) is 0 Å². The minimum absolute atomic E-state index is 0. The van der Waals surface area contributed by atoms with E-state index >= 15 is 0 Å². The predicted octanol–water partition coefficient (Wildman–Crippen LogP) is -0.451. The smallest absolute Gasteiger partial charge is 0.223 e. The summed E-state index contributed by atoms with van der Waals surface area (Å²) in [5.74, 6) is 1.47. The molecule has 9 heteroatoms. The Balaban J connectivity index is 0.00000121. The van der Waals surface area contributed by atoms with Crippen molar-refractivity contribution in [1.82, 2.24) is 20.2 Å². The van der Waals surface area contributed by atoms with E-state index in [1.165, 1.54) is 0 Å². The van der Waals surface area contributed by atoms with Crippen LogP contribution in [0, 0.1) is 0 Å². The molecule has 0 bridgehead atoms. The van der Waals surface area contributed by atoms with E-state index in [9.17, 15) is 0 Å². The second kappa shape index (κ2) is 5.16. The van der Waals surface area contributed by atoms with Gasteiger partial charge in [-0.15, -0.1) is 0 Å². The van der Waals surface area contributed by atoms with Gasteiger partial charge in [-0.05, 0) is 12.1 Å². The van der Waals surface area contributed by atoms with Gasteiger partial charge in [-0.2, -0.15) is 0 Å². The van der Waals surface area contributed by atoms with E-state index in [2.05, 4.69) is 25.1 Å². The zero-order chi connectivity index (χ0) is 12.8. The first-order valence-electron chi connectivity index (χ1n) is 6.26. The molecule has 4 heterocycles. The summed E-state index contributed by atoms with van der Waals surface area (Å²) in [6.45, 7) is 2.69. The predicted molar refractivity (Wildman–Crippen MR) is 67.1 cm³/mol. The fraction of sp³-hybridized carbons (Fsp3) is 0.545. The van der Waals surface area contributed by atoms with Gasteiger partial charge in [0.25, 0.3) is 0 Å². The van der Waals surface area contributed by atoms with Crippen molar-refractivity contribution in [1.29, 1.82) is 0 Å². The molecule has 1 radical (unpaired) electrons. The molecule has 0 amide bonds. The molecule has 1 fully saturated rings. The number of fused-ring (bicyclic) bond motifs is 2. The molecule has 2 aliphatic rings. The molecule has 1 saturated heterocycles. The first-order valence-corrected chi connectivity index (χ1v) is 6.26. The normalized spacial score (nSPS) is 21.4. The van der Waals surface area contributed by atoms with Gasteiger partial charge < -0.3 is 30.2 Å². The largest absolute Gasteiger partial charge is 0.475 e. The van der Waals surface area contributed by atoms with Crippen LogP contribution in [0.15, 0.2) is 0 Å². The summed E-state index contributed by atoms with van der Waals surface area (Å²) in [7, 11) is 0. The number of anilines is 2. The molecule has 2 N–H and O–H groups in total. The minimum Gasteiger partial charge on any atom is -0.475 e. The third-order valence-corrected chi connectivity index (χ3v) is 3.53. The molecule has 107 valence electrons. The quantitative estimate of drug-likeness (QED) is 0.580. The zero-order valence-electron chi connectivity index (χ0n) is 10.6. The number of aromatic nitrogens is 4. The van der Waals surface area contributed by atoms with E-state index in [1.807, 2.05) is 0 Å². The number of ether oxygens (including phenoxy) is 2. The average Bonchev–Trinajstić information content (AvgIpc) is 2.59. The van der Waals surface area contributed by atoms with E-state index in [1.54, 1.807) is 0 Å². The molecule has 2 aromatic rings. The first-order chi connectivity index (χ1) is 9.33. The topological polar surface area (TPSA) is 100 Å². The van der Waals surface area contributed by atoms with Crippen molar-refractivity contribution in [2.75, 3.05) is 37.0 Å². The molecule has 0 spiro atoms. The summed E-state index contributed by atoms with van der Waals surface area (Å²) in [5.41, 5.74) is 6.25. The molecular weight excluding hydrogens is 434 g/mol. The van der Waals surface area contributed by atoms with Gasteiger partial charge >= 0.3 is 0 Å². The average molecular weight is 447 g/mol. The Morgan fingerprint density at radius 2 is 2.20 bits per heavy atom. The minimum atomic E-state index is 0. The van der Waals surface area contributed by atoms with Crippen molar-refractivity contribution in [2.24, 2.45) is 0 Å². The second-order valence-corrected chi connectivity index (χ2v) is 4.67. The first kappa shape index (κ1) is 13.6. The maximum Gasteiger partial charge on any atom is 0.223 e. The maximum atomic E-state index is 5.76. The summed E-state index contributed by atoms with van der Waals surface area (Å²) < 4.78 is 11.3. The van der Waals surface area contributed by atoms with Gasteiger partial charge in [0.05, 0.1) is 18.0 Å². The summed E-state index contributed by atoms with van der Waals surface area (Å²) in [6, 6.07) is 0.217. The Bertz CT molecular complexity index is 633. The fourth-order valence-electron chi connectivity index (χ4n) is 2.62. The summed E-state index contributed by atoms with van der Waals surface area (Å²) in [6.07, 6.45) is 0.892. The van der Waals surface area contributed by atoms with Crippen LogP contribution >= 0.6 is 0 Å². The zero-order valence-corrected chi connectivity index (χ0v) is 13.3. The molecule has 0 saturated carbocycles. The summed E-state index contributed by atoms with van der Waals surface area (Å²) in [4.78, 5) is 10.6. The Morgan fingerprint density at radius 3 is 3.10 bits per heavy atom. The molecule has 0 aromatic carbocycles. The van der Waals surface area contributed by atoms with Gasteiger partial charge in [-0.25, -0.2) is 10.1 Å². The number of hydrogen-bond acceptors (Lipinski definition) is 7. The molecule has 2 aliphatic heterocycles. The third-order valence-electron chi connectivity index (χ3n) is 3.53. The monoisotopic (exact) mass is 448 g/mol. The van der Waals surface area contributed by atoms with Gasteiger partial charge in [0.1, 0.15) is 18.4 Å². The van der Waals surface area contributed by atoms with Gasteiger partial charge in [0, 0.05) is 33.6 Å². The van der Waals surface area contributed by atoms with Crippen molar-refractivity contribution in [3.05, 3.63) is 0 Å². The number of nitrogens with zero attached hydrogens (tertiary/aromatic N) is 5. The molecule has 2 aromatic heterocycles. The fourth-order valence-corrected chi connectivity index (χ4v) is 2.62. The van der Waals surface area contributed by atoms with Crippen LogP contribution in [-0.2, 0) is 25.2 Å². The molecular formula is C11H13N6O2Re-. The number of nitrogens with two attached hydrogens (primary N) is 1. The summed E-state index contributed by atoms with van der Waals surface area (Å²) in [5, 5.41) is 8.76. The van der Waals surface area contributed by atoms with Gasteiger partial charge in [-0.3, -0.25) is 0 Å². The Labute approximate surface area is 128 Å². The molecule has 8 nitrogen and oxygen atoms in total. The van der Waals surface area contributed by atoms with E-state index in [4.69, 9.17) is 15.2 Å². The van der Waals surface area contributed by atoms with Crippen molar-refractivity contribution in [3.8, 4) is 5.88 Å². The number of rotatable bonds is 0. The van der Waals surface area contributed by atoms with Crippen LogP contribution in [0.5, 0.6) is 5.88 Å². The standard InChI is InChI=1S/C11H13N6O2.Re/c12-11-13-8-7-9(14-11)17-2-4-18-3-1-6(17)5-19-10(7)16-15-8;/h6H,1-5H2,(H2-,12,13,14,15,16);/q-1;. The van der Waals surface area contributed by atoms with Crippen LogP contribution in [0.1, 0.15) is 6.42 Å². The van der Waals surface area contributed by atoms with E-state index in [0.717, 1.165) is 30.8 Å². The Hall–Kier alpha value is -1.43. The van der Waals surface area contributed by atoms with Gasteiger partial charge in [0.2, 0.25) is 5.88 Å². The van der Waals surface area contributed by atoms with Crippen molar-refractivity contribution in [2.45, 2.75) is 12.5 Å². The van der Waals surface area contributed by atoms with E-state index in [-0.39, 0.29) is 32.4 Å². The number of nitrogen functional groups attached to an aromatic ring is 1. The molecule has 0 aliphatic carbocycles. The molecule has 20 heavy (non-hydrogen) atoms. The van der Waals surface area contributed by atoms with Crippen LogP contribution < -0.4 is 20.5 Å². The number of hydrogen-bond donors (Lipinski definition) is 1. The van der Waals surface area contributed by atoms with Crippen LogP contribution in [0.25, 0.3) is 11.0 Å². The SMILES string of the molecule is Nc1nc2c3c(n[n-]c3n1)OCC1CCOCCN21.[Re]. The van der Waals surface area contributed by atoms with Crippen LogP contribution in [0.4, 0.5) is 11.8 Å². The van der Waals surface area contributed by atoms with Crippen LogP contribution in [0.3, 0.4) is 0 Å². The van der Waals surface area contributed by atoms with Crippen molar-refractivity contribution < 1.29 is 29.9 Å². The molecule has 1 unspecified atom stereocenters. The Morgan fingerprint density at radius 1 is 1.30 bits per heavy atom.